The summed E-state index contributed by atoms with van der Waals surface area (Å²) < 4.78 is 0. The summed E-state index contributed by atoms with van der Waals surface area (Å²) in [4.78, 5) is 23.4. The minimum atomic E-state index is -1.01. The Morgan fingerprint density at radius 2 is 2.25 bits per heavy atom. The van der Waals surface area contributed by atoms with E-state index in [1.54, 1.807) is 18.3 Å². The van der Waals surface area contributed by atoms with Gasteiger partial charge in [0.25, 0.3) is 5.91 Å². The zero-order valence-corrected chi connectivity index (χ0v) is 11.2. The van der Waals surface area contributed by atoms with Crippen molar-refractivity contribution in [2.24, 2.45) is 0 Å². The molecule has 3 N–H and O–H groups in total. The van der Waals surface area contributed by atoms with E-state index in [0.29, 0.717) is 17.4 Å². The maximum Gasteiger partial charge on any atom is 0.326 e. The van der Waals surface area contributed by atoms with Crippen LogP contribution in [0.25, 0.3) is 10.9 Å². The molecular weight excluding hydrogens is 258 g/mol. The molecule has 0 bridgehead atoms. The van der Waals surface area contributed by atoms with Crippen molar-refractivity contribution < 1.29 is 14.7 Å². The van der Waals surface area contributed by atoms with E-state index in [9.17, 15) is 9.59 Å². The van der Waals surface area contributed by atoms with Crippen LogP contribution in [0.5, 0.6) is 0 Å². The number of carbonyl (C=O) groups excluding carboxylic acids is 1. The Labute approximate surface area is 116 Å². The third kappa shape index (κ3) is 2.96. The molecule has 0 fully saturated rings. The summed E-state index contributed by atoms with van der Waals surface area (Å²) in [6, 6.07) is 4.35. The summed E-state index contributed by atoms with van der Waals surface area (Å²) in [6.07, 6.45) is 3.63. The number of nitrogens with one attached hydrogen (secondary N) is 2. The van der Waals surface area contributed by atoms with Gasteiger partial charge in [0.05, 0.1) is 17.3 Å². The number of carboxylic acid groups (broad SMARTS) is 1. The van der Waals surface area contributed by atoms with E-state index in [2.05, 4.69) is 15.5 Å². The SMILES string of the molecule is CCCCC(NC(=O)c1cccc2[nH]ncc12)C(=O)O. The highest BCUT2D eigenvalue weighted by Crippen LogP contribution is 2.16. The van der Waals surface area contributed by atoms with Crippen LogP contribution in [0.4, 0.5) is 0 Å². The van der Waals surface area contributed by atoms with Gasteiger partial charge in [-0.25, -0.2) is 4.79 Å². The highest BCUT2D eigenvalue weighted by Gasteiger charge is 2.21. The maximum atomic E-state index is 12.2. The number of amides is 1. The smallest absolute Gasteiger partial charge is 0.326 e. The fourth-order valence-corrected chi connectivity index (χ4v) is 2.07. The van der Waals surface area contributed by atoms with Crippen molar-refractivity contribution >= 4 is 22.8 Å². The first kappa shape index (κ1) is 14.0. The quantitative estimate of drug-likeness (QED) is 0.750. The number of H-pyrrole nitrogens is 1. The van der Waals surface area contributed by atoms with Gasteiger partial charge in [0.15, 0.2) is 0 Å². The normalized spacial score (nSPS) is 12.2. The monoisotopic (exact) mass is 275 g/mol. The van der Waals surface area contributed by atoms with Gasteiger partial charge in [0, 0.05) is 5.39 Å². The van der Waals surface area contributed by atoms with Crippen LogP contribution in [0.2, 0.25) is 0 Å². The molecule has 1 heterocycles. The van der Waals surface area contributed by atoms with Crippen molar-refractivity contribution in [1.29, 1.82) is 0 Å². The number of carboxylic acids is 1. The van der Waals surface area contributed by atoms with Crippen LogP contribution in [0, 0.1) is 0 Å². The van der Waals surface area contributed by atoms with Crippen LogP contribution in [0.1, 0.15) is 36.5 Å². The fourth-order valence-electron chi connectivity index (χ4n) is 2.07. The first-order valence-electron chi connectivity index (χ1n) is 6.59. The van der Waals surface area contributed by atoms with Crippen LogP contribution in [-0.4, -0.2) is 33.2 Å². The van der Waals surface area contributed by atoms with Crippen molar-refractivity contribution in [3.05, 3.63) is 30.0 Å². The molecule has 1 atom stereocenters. The van der Waals surface area contributed by atoms with E-state index in [1.165, 1.54) is 0 Å². The molecule has 0 saturated heterocycles. The number of carbonyl (C=O) groups is 2. The Morgan fingerprint density at radius 1 is 1.45 bits per heavy atom. The van der Waals surface area contributed by atoms with Gasteiger partial charge >= 0.3 is 5.97 Å². The highest BCUT2D eigenvalue weighted by atomic mass is 16.4. The summed E-state index contributed by atoms with van der Waals surface area (Å²) in [5, 5.41) is 19.1. The predicted octanol–water partition coefficient (Wildman–Crippen LogP) is 1.94. The number of aromatic amines is 1. The lowest BCUT2D eigenvalue weighted by Gasteiger charge is -2.14. The summed E-state index contributed by atoms with van der Waals surface area (Å²) in [5.74, 6) is -1.40. The molecule has 1 aromatic carbocycles. The first-order chi connectivity index (χ1) is 9.63. The zero-order chi connectivity index (χ0) is 14.5. The van der Waals surface area contributed by atoms with Gasteiger partial charge in [-0.1, -0.05) is 25.8 Å². The average Bonchev–Trinajstić information content (AvgIpc) is 2.90. The van der Waals surface area contributed by atoms with E-state index in [4.69, 9.17) is 5.11 Å². The molecule has 0 spiro atoms. The molecule has 0 saturated carbocycles. The second-order valence-electron chi connectivity index (χ2n) is 4.64. The van der Waals surface area contributed by atoms with Crippen molar-refractivity contribution in [2.75, 3.05) is 0 Å². The molecule has 0 radical (unpaired) electrons. The van der Waals surface area contributed by atoms with E-state index < -0.39 is 12.0 Å². The Bertz CT molecular complexity index is 621. The highest BCUT2D eigenvalue weighted by molar-refractivity contribution is 6.07. The van der Waals surface area contributed by atoms with Gasteiger partial charge < -0.3 is 10.4 Å². The van der Waals surface area contributed by atoms with Crippen molar-refractivity contribution in [1.82, 2.24) is 15.5 Å². The molecule has 0 aliphatic heterocycles. The third-order valence-electron chi connectivity index (χ3n) is 3.18. The molecule has 0 aliphatic carbocycles. The molecular formula is C14H17N3O3. The Hall–Kier alpha value is -2.37. The molecule has 1 unspecified atom stereocenters. The average molecular weight is 275 g/mol. The summed E-state index contributed by atoms with van der Waals surface area (Å²) in [7, 11) is 0. The van der Waals surface area contributed by atoms with E-state index in [0.717, 1.165) is 18.4 Å². The number of aliphatic carboxylic acids is 1. The molecule has 2 aromatic rings. The number of hydrogen-bond donors (Lipinski definition) is 3. The molecule has 6 nitrogen and oxygen atoms in total. The molecule has 0 aliphatic rings. The summed E-state index contributed by atoms with van der Waals surface area (Å²) in [6.45, 7) is 1.98. The lowest BCUT2D eigenvalue weighted by molar-refractivity contribution is -0.139. The summed E-state index contributed by atoms with van der Waals surface area (Å²) >= 11 is 0. The lowest BCUT2D eigenvalue weighted by Crippen LogP contribution is -2.40. The zero-order valence-electron chi connectivity index (χ0n) is 11.2. The lowest BCUT2D eigenvalue weighted by atomic mass is 10.1. The molecule has 20 heavy (non-hydrogen) atoms. The van der Waals surface area contributed by atoms with Crippen LogP contribution < -0.4 is 5.32 Å². The van der Waals surface area contributed by atoms with Crippen molar-refractivity contribution in [2.45, 2.75) is 32.2 Å². The van der Waals surface area contributed by atoms with Crippen molar-refractivity contribution in [3.8, 4) is 0 Å². The number of benzene rings is 1. The van der Waals surface area contributed by atoms with Gasteiger partial charge in [-0.15, -0.1) is 0 Å². The number of hydrogen-bond acceptors (Lipinski definition) is 3. The largest absolute Gasteiger partial charge is 0.480 e. The number of nitrogens with zero attached hydrogens (tertiary/aromatic N) is 1. The standard InChI is InChI=1S/C14H17N3O3/c1-2-3-6-12(14(19)20)16-13(18)9-5-4-7-11-10(9)8-15-17-11/h4-5,7-8,12H,2-3,6H2,1H3,(H,15,17)(H,16,18)(H,19,20). The number of rotatable bonds is 6. The van der Waals surface area contributed by atoms with Crippen molar-refractivity contribution in [3.63, 3.8) is 0 Å². The van der Waals surface area contributed by atoms with Gasteiger partial charge in [-0.05, 0) is 18.6 Å². The molecule has 1 aromatic heterocycles. The Morgan fingerprint density at radius 3 is 2.95 bits per heavy atom. The maximum absolute atomic E-state index is 12.2. The van der Waals surface area contributed by atoms with E-state index >= 15 is 0 Å². The molecule has 1 amide bonds. The summed E-state index contributed by atoms with van der Waals surface area (Å²) in [5.41, 5.74) is 1.18. The van der Waals surface area contributed by atoms with E-state index in [-0.39, 0.29) is 5.91 Å². The Kier molecular flexibility index (Phi) is 4.34. The third-order valence-corrected chi connectivity index (χ3v) is 3.18. The number of aromatic nitrogens is 2. The van der Waals surface area contributed by atoms with Gasteiger partial charge in [-0.3, -0.25) is 9.89 Å². The van der Waals surface area contributed by atoms with Crippen LogP contribution in [-0.2, 0) is 4.79 Å². The number of unbranched alkanes of at least 4 members (excludes halogenated alkanes) is 1. The molecule has 6 heteroatoms. The van der Waals surface area contributed by atoms with Crippen LogP contribution in [0.15, 0.2) is 24.4 Å². The predicted molar refractivity (Wildman–Crippen MR) is 74.5 cm³/mol. The first-order valence-corrected chi connectivity index (χ1v) is 6.59. The Balaban J connectivity index is 2.18. The minimum Gasteiger partial charge on any atom is -0.480 e. The van der Waals surface area contributed by atoms with Crippen LogP contribution >= 0.6 is 0 Å². The van der Waals surface area contributed by atoms with E-state index in [1.807, 2.05) is 13.0 Å². The fraction of sp³-hybridized carbons (Fsp3) is 0.357. The topological polar surface area (TPSA) is 95.1 Å². The second kappa shape index (κ2) is 6.18. The second-order valence-corrected chi connectivity index (χ2v) is 4.64. The van der Waals surface area contributed by atoms with Gasteiger partial charge in [0.1, 0.15) is 6.04 Å². The molecule has 2 rings (SSSR count). The van der Waals surface area contributed by atoms with Gasteiger partial charge in [0.2, 0.25) is 0 Å². The molecule has 106 valence electrons. The van der Waals surface area contributed by atoms with Gasteiger partial charge in [-0.2, -0.15) is 5.10 Å². The number of fused-ring (bicyclic) bond motifs is 1. The van der Waals surface area contributed by atoms with Crippen LogP contribution in [0.3, 0.4) is 0 Å². The minimum absolute atomic E-state index is 0.388.